The summed E-state index contributed by atoms with van der Waals surface area (Å²) in [4.78, 5) is 19.7. The van der Waals surface area contributed by atoms with Crippen molar-refractivity contribution in [2.75, 3.05) is 38.1 Å². The first-order valence-electron chi connectivity index (χ1n) is 11.6. The van der Waals surface area contributed by atoms with Gasteiger partial charge in [-0.2, -0.15) is 0 Å². The minimum Gasteiger partial charge on any atom is -0.338 e. The maximum Gasteiger partial charge on any atom is 0.254 e. The first kappa shape index (κ1) is 23.9. The Bertz CT molecular complexity index is 1110. The molecule has 0 saturated carbocycles. The van der Waals surface area contributed by atoms with Gasteiger partial charge in [0.1, 0.15) is 17.3 Å². The Morgan fingerprint density at radius 1 is 1.03 bits per heavy atom. The highest BCUT2D eigenvalue weighted by Gasteiger charge is 2.29. The van der Waals surface area contributed by atoms with Crippen LogP contribution in [0.15, 0.2) is 53.1 Å². The van der Waals surface area contributed by atoms with Crippen molar-refractivity contribution in [2.24, 2.45) is 0 Å². The van der Waals surface area contributed by atoms with E-state index < -0.39 is 0 Å². The maximum absolute atomic E-state index is 13.6. The van der Waals surface area contributed by atoms with E-state index in [2.05, 4.69) is 22.0 Å². The summed E-state index contributed by atoms with van der Waals surface area (Å²) in [5.74, 6) is -0.278. The number of amides is 1. The number of halogens is 2. The normalized spacial score (nSPS) is 15.4. The predicted octanol–water partition coefficient (Wildman–Crippen LogP) is 4.81. The molecule has 1 amide bonds. The molecule has 0 bridgehead atoms. The van der Waals surface area contributed by atoms with Crippen molar-refractivity contribution < 1.29 is 18.1 Å². The van der Waals surface area contributed by atoms with Gasteiger partial charge < -0.3 is 19.2 Å². The van der Waals surface area contributed by atoms with Crippen LogP contribution in [0.4, 0.5) is 14.7 Å². The predicted molar refractivity (Wildman–Crippen MR) is 128 cm³/mol. The quantitative estimate of drug-likeness (QED) is 0.498. The van der Waals surface area contributed by atoms with E-state index in [0.29, 0.717) is 17.1 Å². The van der Waals surface area contributed by atoms with E-state index in [4.69, 9.17) is 4.52 Å². The summed E-state index contributed by atoms with van der Waals surface area (Å²) < 4.78 is 32.9. The molecule has 1 fully saturated rings. The molecule has 180 valence electrons. The number of likely N-dealkylation sites (N-methyl/N-ethyl adjacent to an activating group) is 1. The molecule has 2 aromatic carbocycles. The number of hydrogen-bond donors (Lipinski definition) is 0. The lowest BCUT2D eigenvalue weighted by Crippen LogP contribution is -2.45. The van der Waals surface area contributed by atoms with Crippen LogP contribution < -0.4 is 4.90 Å². The molecule has 8 heteroatoms. The standard InChI is InChI=1S/C26H30F2N4O2/c1-4-18(2)32(25(33)20-7-11-22(28)12-8-20)17-23-24(19-5-9-21(27)10-6-19)29-34-26(23)31-15-13-30(3)14-16-31/h5-12,18H,4,13-17H2,1-3H3. The molecule has 1 aliphatic heterocycles. The van der Waals surface area contributed by atoms with Crippen molar-refractivity contribution in [2.45, 2.75) is 32.9 Å². The van der Waals surface area contributed by atoms with E-state index in [-0.39, 0.29) is 30.1 Å². The Hall–Kier alpha value is -3.26. The highest BCUT2D eigenvalue weighted by atomic mass is 19.1. The number of rotatable bonds is 7. The lowest BCUT2D eigenvalue weighted by atomic mass is 10.0. The van der Waals surface area contributed by atoms with E-state index in [1.165, 1.54) is 36.4 Å². The third kappa shape index (κ3) is 5.12. The van der Waals surface area contributed by atoms with Gasteiger partial charge in [0, 0.05) is 43.3 Å². The fourth-order valence-corrected chi connectivity index (χ4v) is 4.11. The van der Waals surface area contributed by atoms with E-state index in [1.807, 2.05) is 13.8 Å². The molecule has 4 rings (SSSR count). The number of aromatic nitrogens is 1. The Balaban J connectivity index is 1.74. The molecule has 0 radical (unpaired) electrons. The highest BCUT2D eigenvalue weighted by molar-refractivity contribution is 5.94. The van der Waals surface area contributed by atoms with Crippen molar-refractivity contribution in [3.05, 3.63) is 71.3 Å². The third-order valence-electron chi connectivity index (χ3n) is 6.48. The van der Waals surface area contributed by atoms with Crippen LogP contribution in [0.1, 0.15) is 36.2 Å². The van der Waals surface area contributed by atoms with Crippen LogP contribution in [0, 0.1) is 11.6 Å². The molecule has 2 heterocycles. The molecule has 1 aliphatic rings. The first-order valence-corrected chi connectivity index (χ1v) is 11.6. The molecule has 6 nitrogen and oxygen atoms in total. The van der Waals surface area contributed by atoms with E-state index in [9.17, 15) is 13.6 Å². The number of hydrogen-bond acceptors (Lipinski definition) is 5. The SMILES string of the molecule is CCC(C)N(Cc1c(-c2ccc(F)cc2)noc1N1CCN(C)CC1)C(=O)c1ccc(F)cc1. The minimum absolute atomic E-state index is 0.0751. The number of nitrogens with zero attached hydrogens (tertiary/aromatic N) is 4. The molecule has 1 saturated heterocycles. The minimum atomic E-state index is -0.387. The van der Waals surface area contributed by atoms with Crippen LogP contribution in [-0.4, -0.2) is 60.1 Å². The summed E-state index contributed by atoms with van der Waals surface area (Å²) in [6.07, 6.45) is 0.744. The molecule has 1 aromatic heterocycles. The second-order valence-electron chi connectivity index (χ2n) is 8.81. The van der Waals surface area contributed by atoms with Crippen molar-refractivity contribution in [3.63, 3.8) is 0 Å². The Morgan fingerprint density at radius 3 is 2.21 bits per heavy atom. The lowest BCUT2D eigenvalue weighted by Gasteiger charge is -2.33. The second kappa shape index (κ2) is 10.3. The Kier molecular flexibility index (Phi) is 7.26. The van der Waals surface area contributed by atoms with E-state index >= 15 is 0 Å². The van der Waals surface area contributed by atoms with Crippen LogP contribution in [0.25, 0.3) is 11.3 Å². The number of carbonyl (C=O) groups excluding carboxylic acids is 1. The highest BCUT2D eigenvalue weighted by Crippen LogP contribution is 2.34. The number of carbonyl (C=O) groups is 1. The number of benzene rings is 2. The fraction of sp³-hybridized carbons (Fsp3) is 0.385. The van der Waals surface area contributed by atoms with Crippen molar-refractivity contribution in [1.82, 2.24) is 15.0 Å². The monoisotopic (exact) mass is 468 g/mol. The average Bonchev–Trinajstić information content (AvgIpc) is 3.26. The van der Waals surface area contributed by atoms with Crippen LogP contribution >= 0.6 is 0 Å². The smallest absolute Gasteiger partial charge is 0.254 e. The van der Waals surface area contributed by atoms with Crippen LogP contribution in [-0.2, 0) is 6.54 Å². The van der Waals surface area contributed by atoms with Gasteiger partial charge in [-0.1, -0.05) is 12.1 Å². The summed E-state index contributed by atoms with van der Waals surface area (Å²) >= 11 is 0. The lowest BCUT2D eigenvalue weighted by molar-refractivity contribution is 0.0672. The zero-order chi connectivity index (χ0) is 24.2. The number of piperazine rings is 1. The summed E-state index contributed by atoms with van der Waals surface area (Å²) in [5.41, 5.74) is 2.52. The number of anilines is 1. The van der Waals surface area contributed by atoms with Crippen molar-refractivity contribution in [1.29, 1.82) is 0 Å². The van der Waals surface area contributed by atoms with Gasteiger partial charge in [-0.3, -0.25) is 4.79 Å². The van der Waals surface area contributed by atoms with Gasteiger partial charge >= 0.3 is 0 Å². The van der Waals surface area contributed by atoms with Crippen molar-refractivity contribution >= 4 is 11.8 Å². The molecular weight excluding hydrogens is 438 g/mol. The molecular formula is C26H30F2N4O2. The van der Waals surface area contributed by atoms with Gasteiger partial charge in [0.25, 0.3) is 5.91 Å². The maximum atomic E-state index is 13.6. The average molecular weight is 469 g/mol. The van der Waals surface area contributed by atoms with E-state index in [1.54, 1.807) is 17.0 Å². The van der Waals surface area contributed by atoms with Gasteiger partial charge in [-0.25, -0.2) is 8.78 Å². The second-order valence-corrected chi connectivity index (χ2v) is 8.81. The van der Waals surface area contributed by atoms with Gasteiger partial charge in [0.15, 0.2) is 0 Å². The topological polar surface area (TPSA) is 52.8 Å². The zero-order valence-corrected chi connectivity index (χ0v) is 19.8. The van der Waals surface area contributed by atoms with E-state index in [0.717, 1.165) is 43.7 Å². The van der Waals surface area contributed by atoms with Gasteiger partial charge in [-0.05, 0) is 68.9 Å². The largest absolute Gasteiger partial charge is 0.338 e. The molecule has 0 spiro atoms. The molecule has 0 N–H and O–H groups in total. The van der Waals surface area contributed by atoms with Crippen LogP contribution in [0.3, 0.4) is 0 Å². The summed E-state index contributed by atoms with van der Waals surface area (Å²) in [6, 6.07) is 11.6. The van der Waals surface area contributed by atoms with Crippen LogP contribution in [0.5, 0.6) is 0 Å². The molecule has 1 atom stereocenters. The summed E-state index contributed by atoms with van der Waals surface area (Å²) in [6.45, 7) is 7.59. The fourth-order valence-electron chi connectivity index (χ4n) is 4.11. The molecule has 3 aromatic rings. The summed E-state index contributed by atoms with van der Waals surface area (Å²) in [5, 5.41) is 4.35. The van der Waals surface area contributed by atoms with Gasteiger partial charge in [-0.15, -0.1) is 0 Å². The Morgan fingerprint density at radius 2 is 1.62 bits per heavy atom. The van der Waals surface area contributed by atoms with Crippen molar-refractivity contribution in [3.8, 4) is 11.3 Å². The Labute approximate surface area is 198 Å². The summed E-state index contributed by atoms with van der Waals surface area (Å²) in [7, 11) is 2.08. The molecule has 34 heavy (non-hydrogen) atoms. The third-order valence-corrected chi connectivity index (χ3v) is 6.48. The zero-order valence-electron chi connectivity index (χ0n) is 19.8. The first-order chi connectivity index (χ1) is 16.4. The molecule has 1 unspecified atom stereocenters. The van der Waals surface area contributed by atoms with Gasteiger partial charge in [0.05, 0.1) is 12.1 Å². The van der Waals surface area contributed by atoms with Gasteiger partial charge in [0.2, 0.25) is 5.88 Å². The molecule has 0 aliphatic carbocycles. The van der Waals surface area contributed by atoms with Crippen LogP contribution in [0.2, 0.25) is 0 Å².